The lowest BCUT2D eigenvalue weighted by Gasteiger charge is -2.36. The number of hydrogen-bond acceptors (Lipinski definition) is 3. The van der Waals surface area contributed by atoms with Crippen LogP contribution in [0.3, 0.4) is 0 Å². The van der Waals surface area contributed by atoms with Crippen molar-refractivity contribution in [2.45, 2.75) is 44.0 Å². The zero-order chi connectivity index (χ0) is 14.2. The second-order valence-electron chi connectivity index (χ2n) is 4.83. The van der Waals surface area contributed by atoms with E-state index in [0.29, 0.717) is 0 Å². The van der Waals surface area contributed by atoms with Crippen molar-refractivity contribution in [1.82, 2.24) is 0 Å². The summed E-state index contributed by atoms with van der Waals surface area (Å²) in [6.45, 7) is 0.707. The summed E-state index contributed by atoms with van der Waals surface area (Å²) in [5, 5.41) is 0. The van der Waals surface area contributed by atoms with Gasteiger partial charge in [0, 0.05) is 12.8 Å². The van der Waals surface area contributed by atoms with Crippen molar-refractivity contribution in [1.29, 1.82) is 0 Å². The molecule has 0 N–H and O–H groups in total. The van der Waals surface area contributed by atoms with Crippen LogP contribution in [0.25, 0.3) is 0 Å². The van der Waals surface area contributed by atoms with E-state index in [4.69, 9.17) is 0 Å². The minimum absolute atomic E-state index is 0.0760. The van der Waals surface area contributed by atoms with E-state index in [1.54, 1.807) is 0 Å². The molecule has 18 heavy (non-hydrogen) atoms. The lowest BCUT2D eigenvalue weighted by molar-refractivity contribution is -0.0781. The Morgan fingerprint density at radius 2 is 1.56 bits per heavy atom. The second kappa shape index (κ2) is 4.59. The summed E-state index contributed by atoms with van der Waals surface area (Å²) in [5.41, 5.74) is -6.46. The van der Waals surface area contributed by atoms with Crippen molar-refractivity contribution >= 4 is 10.1 Å². The lowest BCUT2D eigenvalue weighted by Crippen LogP contribution is -2.37. The number of halogens is 5. The first-order chi connectivity index (χ1) is 7.87. The van der Waals surface area contributed by atoms with Gasteiger partial charge in [0.1, 0.15) is 0 Å². The van der Waals surface area contributed by atoms with Gasteiger partial charge in [0.25, 0.3) is 0 Å². The van der Waals surface area contributed by atoms with E-state index < -0.39 is 46.4 Å². The van der Waals surface area contributed by atoms with Gasteiger partial charge in [0.05, 0.1) is 6.61 Å². The summed E-state index contributed by atoms with van der Waals surface area (Å²) in [6, 6.07) is 0. The molecule has 1 aliphatic carbocycles. The molecule has 0 aromatic rings. The Balaban J connectivity index is 2.60. The average Bonchev–Trinajstić information content (AvgIpc) is 2.19. The van der Waals surface area contributed by atoms with Crippen LogP contribution in [0, 0.1) is 5.41 Å². The zero-order valence-corrected chi connectivity index (χ0v) is 10.4. The van der Waals surface area contributed by atoms with Crippen molar-refractivity contribution in [3.63, 3.8) is 0 Å². The summed E-state index contributed by atoms with van der Waals surface area (Å²) >= 11 is 0. The molecule has 1 saturated carbocycles. The van der Waals surface area contributed by atoms with Gasteiger partial charge in [0.15, 0.2) is 0 Å². The maximum Gasteiger partial charge on any atom is 0.523 e. The van der Waals surface area contributed by atoms with Crippen molar-refractivity contribution in [2.75, 3.05) is 6.61 Å². The molecule has 108 valence electrons. The Bertz CT molecular complexity index is 391. The topological polar surface area (TPSA) is 43.4 Å². The first-order valence-electron chi connectivity index (χ1n) is 5.21. The molecule has 1 aliphatic rings. The average molecular weight is 296 g/mol. The van der Waals surface area contributed by atoms with Crippen LogP contribution in [0.4, 0.5) is 22.0 Å². The Kier molecular flexibility index (Phi) is 3.98. The van der Waals surface area contributed by atoms with Crippen molar-refractivity contribution in [2.24, 2.45) is 5.41 Å². The molecule has 0 amide bonds. The van der Waals surface area contributed by atoms with Crippen molar-refractivity contribution in [3.05, 3.63) is 0 Å². The molecule has 1 fully saturated rings. The minimum atomic E-state index is -5.65. The highest BCUT2D eigenvalue weighted by Crippen LogP contribution is 2.44. The van der Waals surface area contributed by atoms with E-state index in [-0.39, 0.29) is 12.8 Å². The molecule has 0 bridgehead atoms. The quantitative estimate of drug-likeness (QED) is 0.457. The molecule has 0 aromatic heterocycles. The summed E-state index contributed by atoms with van der Waals surface area (Å²) in [5.74, 6) is -2.83. The highest BCUT2D eigenvalue weighted by atomic mass is 32.2. The van der Waals surface area contributed by atoms with Crippen LogP contribution in [0.1, 0.15) is 32.6 Å². The Morgan fingerprint density at radius 1 is 1.11 bits per heavy atom. The largest absolute Gasteiger partial charge is 0.523 e. The van der Waals surface area contributed by atoms with Gasteiger partial charge < -0.3 is 0 Å². The maximum absolute atomic E-state index is 12.9. The predicted molar refractivity (Wildman–Crippen MR) is 52.4 cm³/mol. The van der Waals surface area contributed by atoms with Gasteiger partial charge in [-0.25, -0.2) is 8.78 Å². The van der Waals surface area contributed by atoms with Gasteiger partial charge in [-0.15, -0.1) is 0 Å². The van der Waals surface area contributed by atoms with Crippen LogP contribution in [0.15, 0.2) is 0 Å². The van der Waals surface area contributed by atoms with Gasteiger partial charge in [-0.2, -0.15) is 21.6 Å². The van der Waals surface area contributed by atoms with Crippen LogP contribution in [-0.4, -0.2) is 26.5 Å². The number of alkyl halides is 5. The SMILES string of the molecule is CC1(COS(=O)(=O)C(F)(F)F)CCC(F)(F)CC1. The monoisotopic (exact) mass is 296 g/mol. The molecular formula is C9H13F5O3S. The molecule has 1 rings (SSSR count). The molecule has 0 aromatic carbocycles. The molecular weight excluding hydrogens is 283 g/mol. The van der Waals surface area contributed by atoms with Crippen LogP contribution in [0.2, 0.25) is 0 Å². The summed E-state index contributed by atoms with van der Waals surface area (Å²) in [6.07, 6.45) is -1.10. The van der Waals surface area contributed by atoms with E-state index in [9.17, 15) is 30.4 Å². The lowest BCUT2D eigenvalue weighted by atomic mass is 9.75. The van der Waals surface area contributed by atoms with Gasteiger partial charge in [-0.05, 0) is 18.3 Å². The molecule has 0 atom stereocenters. The van der Waals surface area contributed by atoms with Crippen LogP contribution < -0.4 is 0 Å². The normalized spacial score (nSPS) is 23.9. The summed E-state index contributed by atoms with van der Waals surface area (Å²) in [7, 11) is -5.65. The summed E-state index contributed by atoms with van der Waals surface area (Å²) in [4.78, 5) is 0. The minimum Gasteiger partial charge on any atom is -0.263 e. The van der Waals surface area contributed by atoms with Gasteiger partial charge in [-0.3, -0.25) is 4.18 Å². The van der Waals surface area contributed by atoms with Crippen LogP contribution in [-0.2, 0) is 14.3 Å². The van der Waals surface area contributed by atoms with E-state index in [1.165, 1.54) is 6.92 Å². The third-order valence-corrected chi connectivity index (χ3v) is 4.03. The molecule has 0 saturated heterocycles. The zero-order valence-electron chi connectivity index (χ0n) is 9.56. The Labute approximate surface area is 101 Å². The molecule has 0 unspecified atom stereocenters. The molecule has 9 heteroatoms. The van der Waals surface area contributed by atoms with Gasteiger partial charge in [-0.1, -0.05) is 6.92 Å². The maximum atomic E-state index is 12.9. The van der Waals surface area contributed by atoms with E-state index in [0.717, 1.165) is 0 Å². The predicted octanol–water partition coefficient (Wildman–Crippen LogP) is 3.07. The molecule has 3 nitrogen and oxygen atoms in total. The smallest absolute Gasteiger partial charge is 0.263 e. The fraction of sp³-hybridized carbons (Fsp3) is 1.00. The number of rotatable bonds is 3. The summed E-state index contributed by atoms with van der Waals surface area (Å²) < 4.78 is 87.0. The molecule has 0 radical (unpaired) electrons. The Hall–Kier alpha value is -0.440. The third kappa shape index (κ3) is 3.78. The highest BCUT2D eigenvalue weighted by Gasteiger charge is 2.49. The van der Waals surface area contributed by atoms with E-state index >= 15 is 0 Å². The molecule has 0 spiro atoms. The van der Waals surface area contributed by atoms with Crippen molar-refractivity contribution in [3.8, 4) is 0 Å². The van der Waals surface area contributed by atoms with Gasteiger partial charge in [0.2, 0.25) is 5.92 Å². The number of hydrogen-bond donors (Lipinski definition) is 0. The van der Waals surface area contributed by atoms with E-state index in [2.05, 4.69) is 4.18 Å². The first kappa shape index (κ1) is 15.6. The van der Waals surface area contributed by atoms with Crippen LogP contribution in [0.5, 0.6) is 0 Å². The standard InChI is InChI=1S/C9H13F5O3S/c1-7(2-4-8(10,11)5-3-7)6-17-18(15,16)9(12,13)14/h2-6H2,1H3. The fourth-order valence-corrected chi connectivity index (χ4v) is 2.22. The molecule has 0 heterocycles. The van der Waals surface area contributed by atoms with Gasteiger partial charge >= 0.3 is 15.6 Å². The van der Waals surface area contributed by atoms with Crippen LogP contribution >= 0.6 is 0 Å². The fourth-order valence-electron chi connectivity index (χ4n) is 1.65. The third-order valence-electron chi connectivity index (χ3n) is 3.03. The molecule has 0 aliphatic heterocycles. The highest BCUT2D eigenvalue weighted by molar-refractivity contribution is 7.87. The second-order valence-corrected chi connectivity index (χ2v) is 6.44. The van der Waals surface area contributed by atoms with E-state index in [1.807, 2.05) is 0 Å². The van der Waals surface area contributed by atoms with Crippen molar-refractivity contribution < 1.29 is 34.6 Å². The Morgan fingerprint density at radius 3 is 1.94 bits per heavy atom. The first-order valence-corrected chi connectivity index (χ1v) is 6.61.